The first-order valence-corrected chi connectivity index (χ1v) is 25.2. The van der Waals surface area contributed by atoms with Gasteiger partial charge in [-0.15, -0.1) is 0 Å². The van der Waals surface area contributed by atoms with Crippen LogP contribution >= 0.6 is 0 Å². The Morgan fingerprint density at radius 3 is 1.25 bits per heavy atom. The van der Waals surface area contributed by atoms with Gasteiger partial charge in [0.05, 0.1) is 34.4 Å². The molecule has 8 heteroatoms. The molecule has 0 amide bonds. The molecule has 0 fully saturated rings. The summed E-state index contributed by atoms with van der Waals surface area (Å²) in [6, 6.07) is 0. The minimum Gasteiger partial charge on any atom is -0.477 e. The first-order valence-electron chi connectivity index (χ1n) is 25.2. The minimum atomic E-state index is -1.46. The van der Waals surface area contributed by atoms with E-state index in [0.29, 0.717) is 17.4 Å². The quantitative estimate of drug-likeness (QED) is 0.0207. The average Bonchev–Trinajstić information content (AvgIpc) is 3.21. The largest absolute Gasteiger partial charge is 0.477 e. The van der Waals surface area contributed by atoms with Crippen LogP contribution in [0.5, 0.6) is 0 Å². The highest BCUT2D eigenvalue weighted by Gasteiger charge is 2.22. The van der Waals surface area contributed by atoms with Gasteiger partial charge in [0.1, 0.15) is 19.3 Å². The summed E-state index contributed by atoms with van der Waals surface area (Å²) >= 11 is 0. The minimum absolute atomic E-state index is 0.212. The molecule has 0 aliphatic rings. The zero-order chi connectivity index (χ0) is 44.0. The van der Waals surface area contributed by atoms with E-state index in [4.69, 9.17) is 14.2 Å². The molecule has 0 aromatic carbocycles. The lowest BCUT2D eigenvalue weighted by Crippen LogP contribution is -2.40. The Kier molecular flexibility index (Phi) is 43.5. The van der Waals surface area contributed by atoms with Gasteiger partial charge in [-0.1, -0.05) is 210 Å². The average molecular weight is 849 g/mol. The van der Waals surface area contributed by atoms with E-state index in [2.05, 4.69) is 43.4 Å². The maximum absolute atomic E-state index is 12.0. The standard InChI is InChI=1S/C52H97NO7/c1-5-6-7-8-9-10-11-12-13-14-15-16-17-18-19-20-21-22-23-24-25-26-27-28-29-30-31-32-33-34-35-36-37-38-39-40-41-42-43-44-50(55)59-47-49(54)48-60-52(51(56)57)58-46-45-53(2,3)4/h11-12,14-15,17-18,49,52,54H,5-10,13,16,19-48H2,1-4H3/p+1/b12-11-,15-14-,18-17-. The van der Waals surface area contributed by atoms with E-state index in [1.54, 1.807) is 0 Å². The number of carboxylic acid groups (broad SMARTS) is 1. The summed E-state index contributed by atoms with van der Waals surface area (Å²) in [6.07, 6.45) is 55.2. The summed E-state index contributed by atoms with van der Waals surface area (Å²) in [5.74, 6) is -1.60. The third-order valence-corrected chi connectivity index (χ3v) is 11.1. The second-order valence-corrected chi connectivity index (χ2v) is 18.3. The number of hydrogen-bond acceptors (Lipinski definition) is 6. The number of carbonyl (C=O) groups excluding carboxylic acids is 1. The van der Waals surface area contributed by atoms with Crippen molar-refractivity contribution in [3.05, 3.63) is 36.5 Å². The zero-order valence-corrected chi connectivity index (χ0v) is 39.9. The van der Waals surface area contributed by atoms with E-state index in [1.165, 1.54) is 180 Å². The van der Waals surface area contributed by atoms with Gasteiger partial charge >= 0.3 is 11.9 Å². The number of unbranched alkanes of at least 4 members (excludes halogenated alkanes) is 29. The van der Waals surface area contributed by atoms with Crippen molar-refractivity contribution in [2.75, 3.05) is 47.5 Å². The van der Waals surface area contributed by atoms with Crippen molar-refractivity contribution in [3.63, 3.8) is 0 Å². The van der Waals surface area contributed by atoms with Crippen LogP contribution in [0, 0.1) is 0 Å². The Balaban J connectivity index is 3.35. The molecule has 0 bridgehead atoms. The Hall–Kier alpha value is -2.00. The smallest absolute Gasteiger partial charge is 0.361 e. The van der Waals surface area contributed by atoms with Crippen molar-refractivity contribution in [1.29, 1.82) is 0 Å². The normalized spacial score (nSPS) is 13.3. The van der Waals surface area contributed by atoms with Crippen LogP contribution in [-0.4, -0.2) is 86.5 Å². The fourth-order valence-corrected chi connectivity index (χ4v) is 7.20. The Morgan fingerprint density at radius 1 is 0.500 bits per heavy atom. The molecule has 8 nitrogen and oxygen atoms in total. The highest BCUT2D eigenvalue weighted by molar-refractivity contribution is 5.70. The topological polar surface area (TPSA) is 102 Å². The van der Waals surface area contributed by atoms with Crippen molar-refractivity contribution < 1.29 is 38.5 Å². The number of aliphatic carboxylic acids is 1. The number of nitrogens with zero attached hydrogens (tertiary/aromatic N) is 1. The van der Waals surface area contributed by atoms with E-state index in [-0.39, 0.29) is 25.8 Å². The Morgan fingerprint density at radius 2 is 0.867 bits per heavy atom. The Bertz CT molecular complexity index is 1020. The predicted molar refractivity (Wildman–Crippen MR) is 253 cm³/mol. The number of ether oxygens (including phenoxy) is 3. The molecule has 2 unspecified atom stereocenters. The number of esters is 1. The van der Waals surface area contributed by atoms with E-state index >= 15 is 0 Å². The molecular formula is C52H98NO7+. The predicted octanol–water partition coefficient (Wildman–Crippen LogP) is 14.0. The van der Waals surface area contributed by atoms with Crippen molar-refractivity contribution in [2.45, 2.75) is 238 Å². The molecular weight excluding hydrogens is 751 g/mol. The first kappa shape index (κ1) is 58.0. The molecule has 2 N–H and O–H groups in total. The molecule has 0 aliphatic carbocycles. The number of allylic oxidation sites excluding steroid dienone is 6. The van der Waals surface area contributed by atoms with E-state index in [1.807, 2.05) is 21.1 Å². The van der Waals surface area contributed by atoms with Crippen molar-refractivity contribution in [3.8, 4) is 0 Å². The third kappa shape index (κ3) is 47.1. The van der Waals surface area contributed by atoms with Gasteiger partial charge in [0.25, 0.3) is 6.29 Å². The fourth-order valence-electron chi connectivity index (χ4n) is 7.20. The number of carbonyl (C=O) groups is 2. The van der Waals surface area contributed by atoms with E-state index in [0.717, 1.165) is 32.1 Å². The monoisotopic (exact) mass is 849 g/mol. The Labute approximate surface area is 371 Å². The number of aliphatic hydroxyl groups excluding tert-OH is 1. The van der Waals surface area contributed by atoms with Gasteiger partial charge in [-0.3, -0.25) is 4.79 Å². The highest BCUT2D eigenvalue weighted by atomic mass is 16.7. The fraction of sp³-hybridized carbons (Fsp3) is 0.846. The van der Waals surface area contributed by atoms with Crippen LogP contribution in [-0.2, 0) is 23.8 Å². The maximum Gasteiger partial charge on any atom is 0.361 e. The molecule has 352 valence electrons. The summed E-state index contributed by atoms with van der Waals surface area (Å²) in [7, 11) is 5.93. The summed E-state index contributed by atoms with van der Waals surface area (Å²) in [4.78, 5) is 23.4. The molecule has 0 heterocycles. The van der Waals surface area contributed by atoms with E-state index in [9.17, 15) is 19.8 Å². The van der Waals surface area contributed by atoms with Crippen LogP contribution in [0.3, 0.4) is 0 Å². The zero-order valence-electron chi connectivity index (χ0n) is 39.9. The van der Waals surface area contributed by atoms with Crippen LogP contribution in [0.2, 0.25) is 0 Å². The number of carboxylic acids is 1. The lowest BCUT2D eigenvalue weighted by Gasteiger charge is -2.24. The van der Waals surface area contributed by atoms with Gasteiger partial charge in [-0.2, -0.15) is 0 Å². The van der Waals surface area contributed by atoms with Crippen LogP contribution in [0.25, 0.3) is 0 Å². The van der Waals surface area contributed by atoms with Crippen molar-refractivity contribution in [2.24, 2.45) is 0 Å². The van der Waals surface area contributed by atoms with Crippen molar-refractivity contribution in [1.82, 2.24) is 0 Å². The maximum atomic E-state index is 12.0. The number of hydrogen-bond donors (Lipinski definition) is 2. The molecule has 2 atom stereocenters. The molecule has 60 heavy (non-hydrogen) atoms. The molecule has 0 aromatic rings. The van der Waals surface area contributed by atoms with Gasteiger partial charge in [0.15, 0.2) is 0 Å². The lowest BCUT2D eigenvalue weighted by molar-refractivity contribution is -0.870. The first-order chi connectivity index (χ1) is 29.2. The molecule has 0 spiro atoms. The van der Waals surface area contributed by atoms with Crippen LogP contribution < -0.4 is 0 Å². The molecule has 0 aliphatic heterocycles. The number of aliphatic hydroxyl groups is 1. The van der Waals surface area contributed by atoms with Gasteiger partial charge in [-0.25, -0.2) is 4.79 Å². The molecule has 0 saturated heterocycles. The van der Waals surface area contributed by atoms with E-state index < -0.39 is 18.4 Å². The second-order valence-electron chi connectivity index (χ2n) is 18.3. The van der Waals surface area contributed by atoms with Crippen LogP contribution in [0.1, 0.15) is 225 Å². The lowest BCUT2D eigenvalue weighted by atomic mass is 10.0. The number of rotatable bonds is 47. The van der Waals surface area contributed by atoms with Crippen molar-refractivity contribution >= 4 is 11.9 Å². The van der Waals surface area contributed by atoms with Crippen LogP contribution in [0.4, 0.5) is 0 Å². The van der Waals surface area contributed by atoms with Gasteiger partial charge < -0.3 is 28.9 Å². The van der Waals surface area contributed by atoms with Gasteiger partial charge in [0, 0.05) is 6.42 Å². The summed E-state index contributed by atoms with van der Waals surface area (Å²) < 4.78 is 16.2. The number of quaternary nitrogens is 1. The van der Waals surface area contributed by atoms with Gasteiger partial charge in [0.2, 0.25) is 0 Å². The molecule has 0 aromatic heterocycles. The molecule has 0 rings (SSSR count). The molecule has 0 radical (unpaired) electrons. The SMILES string of the molecule is CCCCCCC/C=C\C/C=C\C/C=C\CCCCCCCCCCCCCCCCCCCCCCCCCCC(=O)OCC(O)COC(OCC[N+](C)(C)C)C(=O)O. The van der Waals surface area contributed by atoms with Crippen LogP contribution in [0.15, 0.2) is 36.5 Å². The second kappa shape index (κ2) is 45.0. The van der Waals surface area contributed by atoms with Gasteiger partial charge in [-0.05, 0) is 44.9 Å². The highest BCUT2D eigenvalue weighted by Crippen LogP contribution is 2.16. The summed E-state index contributed by atoms with van der Waals surface area (Å²) in [6.45, 7) is 2.60. The third-order valence-electron chi connectivity index (χ3n) is 11.1. The summed E-state index contributed by atoms with van der Waals surface area (Å²) in [5, 5.41) is 19.3. The molecule has 0 saturated carbocycles. The number of likely N-dealkylation sites (N-methyl/N-ethyl adjacent to an activating group) is 1. The summed E-state index contributed by atoms with van der Waals surface area (Å²) in [5.41, 5.74) is 0.